The van der Waals surface area contributed by atoms with Gasteiger partial charge in [0.2, 0.25) is 5.75 Å². The molecule has 13 heteroatoms. The van der Waals surface area contributed by atoms with Gasteiger partial charge in [-0.25, -0.2) is 4.18 Å². The Morgan fingerprint density at radius 2 is 1.60 bits per heavy atom. The minimum absolute atomic E-state index is 0.0506. The number of halogens is 2. The summed E-state index contributed by atoms with van der Waals surface area (Å²) < 4.78 is 67.3. The van der Waals surface area contributed by atoms with Crippen LogP contribution < -0.4 is 4.18 Å². The van der Waals surface area contributed by atoms with Gasteiger partial charge < -0.3 is 9.29 Å². The predicted octanol–water partition coefficient (Wildman–Crippen LogP) is 1.42. The first-order valence-electron chi connectivity index (χ1n) is 4.39. The maximum atomic E-state index is 10.6. The fourth-order valence-electron chi connectivity index (χ4n) is 1.07. The average molecular weight is 458 g/mol. The van der Waals surface area contributed by atoms with Crippen LogP contribution in [0.4, 0.5) is 0 Å². The maximum absolute atomic E-state index is 10.6. The van der Waals surface area contributed by atoms with Gasteiger partial charge in [-0.3, -0.25) is 9.11 Å². The van der Waals surface area contributed by atoms with Crippen molar-refractivity contribution in [1.29, 1.82) is 0 Å². The van der Waals surface area contributed by atoms with Gasteiger partial charge in [-0.1, -0.05) is 0 Å². The molecule has 20 heavy (non-hydrogen) atoms. The Hall–Kier alpha value is -0.440. The summed E-state index contributed by atoms with van der Waals surface area (Å²) in [4.78, 5) is 0. The number of phenols is 1. The molecule has 3 N–H and O–H groups in total. The molecule has 114 valence electrons. The van der Waals surface area contributed by atoms with E-state index in [1.165, 1.54) is 0 Å². The van der Waals surface area contributed by atoms with Crippen molar-refractivity contribution in [2.24, 2.45) is 0 Å². The summed E-state index contributed by atoms with van der Waals surface area (Å²) in [5.74, 6) is -1.33. The van der Waals surface area contributed by atoms with Crippen molar-refractivity contribution >= 4 is 52.7 Å². The molecule has 0 spiro atoms. The van der Waals surface area contributed by atoms with Gasteiger partial charge in [0.25, 0.3) is 0 Å². The van der Waals surface area contributed by atoms with E-state index in [-0.39, 0.29) is 14.5 Å². The first-order chi connectivity index (χ1) is 8.91. The van der Waals surface area contributed by atoms with E-state index in [1.54, 1.807) is 0 Å². The minimum atomic E-state index is -4.87. The fourth-order valence-corrected chi connectivity index (χ4v) is 2.78. The zero-order valence-corrected chi connectivity index (χ0v) is 14.0. The van der Waals surface area contributed by atoms with Crippen LogP contribution in [0.3, 0.4) is 0 Å². The largest absolute Gasteiger partial charge is 0.504 e. The summed E-state index contributed by atoms with van der Waals surface area (Å²) >= 11 is 5.85. The highest BCUT2D eigenvalue weighted by molar-refractivity contribution is 9.13. The smallest absolute Gasteiger partial charge is 0.446 e. The Labute approximate surface area is 130 Å². The minimum Gasteiger partial charge on any atom is -0.504 e. The van der Waals surface area contributed by atoms with Gasteiger partial charge in [-0.05, 0) is 43.5 Å². The lowest BCUT2D eigenvalue weighted by molar-refractivity contribution is 0.258. The lowest BCUT2D eigenvalue weighted by atomic mass is 10.2. The number of rotatable bonds is 5. The molecule has 0 aromatic heterocycles. The van der Waals surface area contributed by atoms with Crippen LogP contribution in [0.1, 0.15) is 5.56 Å². The van der Waals surface area contributed by atoms with Crippen LogP contribution >= 0.6 is 31.9 Å². The van der Waals surface area contributed by atoms with E-state index in [1.807, 2.05) is 0 Å². The van der Waals surface area contributed by atoms with Gasteiger partial charge in [-0.2, -0.15) is 16.8 Å². The molecule has 0 bridgehead atoms. The van der Waals surface area contributed by atoms with Crippen molar-refractivity contribution in [3.8, 4) is 11.5 Å². The highest BCUT2D eigenvalue weighted by Crippen LogP contribution is 2.42. The molecule has 0 aliphatic heterocycles. The third kappa shape index (κ3) is 5.16. The molecule has 0 saturated heterocycles. The third-order valence-electron chi connectivity index (χ3n) is 1.77. The highest BCUT2D eigenvalue weighted by atomic mass is 79.9. The molecular formula is C7H6Br2O9S2. The third-order valence-corrected chi connectivity index (χ3v) is 4.76. The van der Waals surface area contributed by atoms with Crippen LogP contribution in [0.2, 0.25) is 0 Å². The Balaban J connectivity index is 3.21. The van der Waals surface area contributed by atoms with Crippen LogP contribution in [-0.2, 0) is 31.6 Å². The molecular weight excluding hydrogens is 452 g/mol. The second-order valence-corrected chi connectivity index (χ2v) is 6.91. The zero-order valence-electron chi connectivity index (χ0n) is 9.15. The van der Waals surface area contributed by atoms with Gasteiger partial charge in [0.1, 0.15) is 0 Å². The number of phenolic OH excluding ortho intramolecular Hbond substituents is 1. The first kappa shape index (κ1) is 17.6. The van der Waals surface area contributed by atoms with Crippen molar-refractivity contribution < 1.29 is 39.4 Å². The molecule has 0 saturated carbocycles. The van der Waals surface area contributed by atoms with Crippen LogP contribution in [0.15, 0.2) is 15.0 Å². The molecule has 0 atom stereocenters. The topological polar surface area (TPSA) is 147 Å². The molecule has 0 radical (unpaired) electrons. The van der Waals surface area contributed by atoms with Crippen molar-refractivity contribution in [2.75, 3.05) is 0 Å². The standard InChI is InChI=1S/C7H6Br2O9S2/c8-5-3(2-17-19(11,12)13)1-4(10)7(6(5)9)18-20(14,15)16/h1,10H,2H2,(H,11,12,13)(H,14,15,16). The lowest BCUT2D eigenvalue weighted by Gasteiger charge is -2.12. The Morgan fingerprint density at radius 3 is 2.05 bits per heavy atom. The molecule has 0 aliphatic rings. The maximum Gasteiger partial charge on any atom is 0.446 e. The van der Waals surface area contributed by atoms with Gasteiger partial charge in [0.05, 0.1) is 11.1 Å². The second-order valence-electron chi connectivity index (χ2n) is 3.21. The molecule has 0 fully saturated rings. The quantitative estimate of drug-likeness (QED) is 0.558. The van der Waals surface area contributed by atoms with E-state index in [0.29, 0.717) is 0 Å². The molecule has 9 nitrogen and oxygen atoms in total. The summed E-state index contributed by atoms with van der Waals surface area (Å²) in [6, 6.07) is 0.917. The van der Waals surface area contributed by atoms with Crippen molar-refractivity contribution in [1.82, 2.24) is 0 Å². The van der Waals surface area contributed by atoms with E-state index < -0.39 is 38.9 Å². The number of hydrogen-bond acceptors (Lipinski definition) is 7. The Bertz CT molecular complexity index is 725. The SMILES string of the molecule is O=S(=O)(O)OCc1cc(O)c(OS(=O)(=O)O)c(Br)c1Br. The molecule has 0 heterocycles. The van der Waals surface area contributed by atoms with Crippen LogP contribution in [0.5, 0.6) is 11.5 Å². The van der Waals surface area contributed by atoms with Crippen molar-refractivity contribution in [3.63, 3.8) is 0 Å². The summed E-state index contributed by atoms with van der Waals surface area (Å²) in [7, 11) is -9.55. The van der Waals surface area contributed by atoms with E-state index in [2.05, 4.69) is 40.2 Å². The molecule has 0 amide bonds. The monoisotopic (exact) mass is 456 g/mol. The van der Waals surface area contributed by atoms with E-state index in [4.69, 9.17) is 9.11 Å². The van der Waals surface area contributed by atoms with Gasteiger partial charge in [0.15, 0.2) is 5.75 Å². The van der Waals surface area contributed by atoms with E-state index in [0.717, 1.165) is 6.07 Å². The zero-order chi connectivity index (χ0) is 15.7. The number of benzene rings is 1. The normalized spacial score (nSPS) is 12.4. The molecule has 1 aromatic rings. The first-order valence-corrected chi connectivity index (χ1v) is 8.71. The van der Waals surface area contributed by atoms with Crippen LogP contribution in [0, 0.1) is 0 Å². The Kier molecular flexibility index (Phi) is 5.40. The average Bonchev–Trinajstić information content (AvgIpc) is 2.25. The van der Waals surface area contributed by atoms with Gasteiger partial charge >= 0.3 is 20.8 Å². The Morgan fingerprint density at radius 1 is 1.05 bits per heavy atom. The fraction of sp³-hybridized carbons (Fsp3) is 0.143. The van der Waals surface area contributed by atoms with Crippen LogP contribution in [0.25, 0.3) is 0 Å². The van der Waals surface area contributed by atoms with Gasteiger partial charge in [-0.15, -0.1) is 0 Å². The van der Waals surface area contributed by atoms with Crippen molar-refractivity contribution in [2.45, 2.75) is 6.61 Å². The van der Waals surface area contributed by atoms with Crippen LogP contribution in [-0.4, -0.2) is 31.0 Å². The van der Waals surface area contributed by atoms with E-state index >= 15 is 0 Å². The van der Waals surface area contributed by atoms with Gasteiger partial charge in [0, 0.05) is 4.47 Å². The summed E-state index contributed by atoms with van der Waals surface area (Å²) in [6.45, 7) is -0.641. The predicted molar refractivity (Wildman–Crippen MR) is 72.0 cm³/mol. The number of hydrogen-bond donors (Lipinski definition) is 3. The molecule has 1 rings (SSSR count). The molecule has 0 unspecified atom stereocenters. The second kappa shape index (κ2) is 6.13. The summed E-state index contributed by atoms with van der Waals surface area (Å²) in [6.07, 6.45) is 0. The molecule has 1 aromatic carbocycles. The van der Waals surface area contributed by atoms with E-state index in [9.17, 15) is 21.9 Å². The summed E-state index contributed by atoms with van der Waals surface area (Å²) in [5, 5.41) is 9.57. The summed E-state index contributed by atoms with van der Waals surface area (Å²) in [5.41, 5.74) is 0.0506. The molecule has 0 aliphatic carbocycles. The number of aromatic hydroxyl groups is 1. The highest BCUT2D eigenvalue weighted by Gasteiger charge is 2.21. The lowest BCUT2D eigenvalue weighted by Crippen LogP contribution is -2.08. The van der Waals surface area contributed by atoms with Crippen molar-refractivity contribution in [3.05, 3.63) is 20.6 Å².